The summed E-state index contributed by atoms with van der Waals surface area (Å²) in [6.07, 6.45) is -0.0368. The Morgan fingerprint density at radius 3 is 2.25 bits per heavy atom. The van der Waals surface area contributed by atoms with Gasteiger partial charge in [-0.3, -0.25) is 19.2 Å². The first-order valence-electron chi connectivity index (χ1n) is 11.0. The first kappa shape index (κ1) is 26.7. The third kappa shape index (κ3) is 6.22. The van der Waals surface area contributed by atoms with Gasteiger partial charge in [-0.25, -0.2) is 9.69 Å². The third-order valence-electron chi connectivity index (χ3n) is 5.21. The molecule has 10 nitrogen and oxygen atoms in total. The van der Waals surface area contributed by atoms with Crippen molar-refractivity contribution in [1.82, 2.24) is 0 Å². The predicted octanol–water partition coefficient (Wildman–Crippen LogP) is 2.67. The maximum atomic E-state index is 12.7. The van der Waals surface area contributed by atoms with Gasteiger partial charge in [-0.15, -0.1) is 11.8 Å². The monoisotopic (exact) mass is 515 g/mol. The van der Waals surface area contributed by atoms with Gasteiger partial charge in [0.1, 0.15) is 0 Å². The molecule has 1 unspecified atom stereocenters. The van der Waals surface area contributed by atoms with Crippen LogP contribution in [-0.4, -0.2) is 68.0 Å². The number of carbonyl (C=O) groups is 5. The van der Waals surface area contributed by atoms with Crippen LogP contribution < -0.4 is 14.4 Å². The van der Waals surface area contributed by atoms with Crippen molar-refractivity contribution in [1.29, 1.82) is 0 Å². The Morgan fingerprint density at radius 2 is 1.61 bits per heavy atom. The lowest BCUT2D eigenvalue weighted by molar-refractivity contribution is -0.139. The molecular formula is C25H25NO9S. The molecule has 0 aliphatic carbocycles. The van der Waals surface area contributed by atoms with Crippen molar-refractivity contribution < 1.29 is 42.9 Å². The van der Waals surface area contributed by atoms with E-state index in [-0.39, 0.29) is 29.9 Å². The van der Waals surface area contributed by atoms with Crippen LogP contribution in [0.15, 0.2) is 42.5 Å². The highest BCUT2D eigenvalue weighted by molar-refractivity contribution is 8.01. The van der Waals surface area contributed by atoms with Gasteiger partial charge in [-0.1, -0.05) is 0 Å². The van der Waals surface area contributed by atoms with Crippen LogP contribution in [0.25, 0.3) is 0 Å². The number of imide groups is 1. The summed E-state index contributed by atoms with van der Waals surface area (Å²) < 4.78 is 20.3. The van der Waals surface area contributed by atoms with Crippen molar-refractivity contribution in [3.8, 4) is 11.5 Å². The molecule has 3 rings (SSSR count). The van der Waals surface area contributed by atoms with Crippen LogP contribution in [0.5, 0.6) is 11.5 Å². The zero-order valence-corrected chi connectivity index (χ0v) is 20.8. The van der Waals surface area contributed by atoms with Crippen LogP contribution in [0, 0.1) is 0 Å². The summed E-state index contributed by atoms with van der Waals surface area (Å²) in [5.41, 5.74) is 0.727. The Morgan fingerprint density at radius 1 is 0.944 bits per heavy atom. The molecule has 0 saturated carbocycles. The minimum absolute atomic E-state index is 0.0296. The second-order valence-electron chi connectivity index (χ2n) is 7.49. The molecule has 0 aromatic heterocycles. The molecule has 1 fully saturated rings. The molecule has 2 aromatic rings. The second-order valence-corrected chi connectivity index (χ2v) is 8.68. The van der Waals surface area contributed by atoms with Gasteiger partial charge >= 0.3 is 11.9 Å². The van der Waals surface area contributed by atoms with E-state index in [1.807, 2.05) is 0 Å². The fourth-order valence-corrected chi connectivity index (χ4v) is 4.36. The van der Waals surface area contributed by atoms with Crippen molar-refractivity contribution in [2.75, 3.05) is 38.1 Å². The summed E-state index contributed by atoms with van der Waals surface area (Å²) in [4.78, 5) is 62.5. The number of methoxy groups -OCH3 is 2. The van der Waals surface area contributed by atoms with Gasteiger partial charge in [0.05, 0.1) is 43.1 Å². The molecule has 11 heteroatoms. The summed E-state index contributed by atoms with van der Waals surface area (Å²) in [6, 6.07) is 10.3. The maximum Gasteiger partial charge on any atom is 0.338 e. The molecule has 1 heterocycles. The minimum Gasteiger partial charge on any atom is -0.493 e. The molecule has 36 heavy (non-hydrogen) atoms. The van der Waals surface area contributed by atoms with E-state index in [0.717, 1.165) is 16.7 Å². The fourth-order valence-electron chi connectivity index (χ4n) is 3.43. The predicted molar refractivity (Wildman–Crippen MR) is 131 cm³/mol. The number of hydrogen-bond donors (Lipinski definition) is 0. The van der Waals surface area contributed by atoms with Crippen LogP contribution in [0.4, 0.5) is 5.69 Å². The maximum absolute atomic E-state index is 12.7. The number of esters is 2. The van der Waals surface area contributed by atoms with E-state index in [2.05, 4.69) is 0 Å². The van der Waals surface area contributed by atoms with Crippen molar-refractivity contribution in [2.45, 2.75) is 18.6 Å². The number of amides is 2. The molecule has 1 aliphatic rings. The number of Topliss-reactive ketones (excluding diaryl/α,β-unsaturated/α-hetero) is 1. The lowest BCUT2D eigenvalue weighted by Gasteiger charge is -2.15. The average Bonchev–Trinajstić information content (AvgIpc) is 3.18. The lowest BCUT2D eigenvalue weighted by Crippen LogP contribution is -2.31. The van der Waals surface area contributed by atoms with Gasteiger partial charge in [-0.05, 0) is 49.4 Å². The molecule has 2 aromatic carbocycles. The second kappa shape index (κ2) is 12.2. The van der Waals surface area contributed by atoms with Crippen molar-refractivity contribution in [2.24, 2.45) is 0 Å². The number of benzene rings is 2. The SMILES string of the molecule is CCOC(=O)CSC1CC(=O)N(c2ccc(C(=O)OCC(=O)c3ccc(OC)c(OC)c3)cc2)C1=O. The molecule has 0 bridgehead atoms. The van der Waals surface area contributed by atoms with Gasteiger partial charge in [0.25, 0.3) is 0 Å². The smallest absolute Gasteiger partial charge is 0.338 e. The number of rotatable bonds is 11. The van der Waals surface area contributed by atoms with Gasteiger partial charge in [0.15, 0.2) is 23.9 Å². The van der Waals surface area contributed by atoms with E-state index in [1.54, 1.807) is 13.0 Å². The van der Waals surface area contributed by atoms with Crippen LogP contribution in [0.3, 0.4) is 0 Å². The van der Waals surface area contributed by atoms with E-state index in [9.17, 15) is 24.0 Å². The van der Waals surface area contributed by atoms with Crippen LogP contribution in [-0.2, 0) is 23.9 Å². The summed E-state index contributed by atoms with van der Waals surface area (Å²) in [5.74, 6) is -1.66. The van der Waals surface area contributed by atoms with Crippen molar-refractivity contribution in [3.05, 3.63) is 53.6 Å². The molecular weight excluding hydrogens is 490 g/mol. The number of nitrogens with zero attached hydrogens (tertiary/aromatic N) is 1. The van der Waals surface area contributed by atoms with Crippen LogP contribution >= 0.6 is 11.8 Å². The summed E-state index contributed by atoms with van der Waals surface area (Å²) in [7, 11) is 2.92. The van der Waals surface area contributed by atoms with E-state index < -0.39 is 41.4 Å². The number of ketones is 1. The van der Waals surface area contributed by atoms with Crippen molar-refractivity contribution >= 4 is 47.0 Å². The van der Waals surface area contributed by atoms with Gasteiger partial charge in [-0.2, -0.15) is 0 Å². The van der Waals surface area contributed by atoms with Gasteiger partial charge in [0.2, 0.25) is 11.8 Å². The Hall–Kier alpha value is -3.86. The zero-order valence-electron chi connectivity index (χ0n) is 20.0. The average molecular weight is 516 g/mol. The van der Waals surface area contributed by atoms with Crippen molar-refractivity contribution in [3.63, 3.8) is 0 Å². The Bertz CT molecular complexity index is 1160. The first-order chi connectivity index (χ1) is 17.3. The Kier molecular flexibility index (Phi) is 9.07. The number of carbonyl (C=O) groups excluding carboxylic acids is 5. The van der Waals surface area contributed by atoms with Crippen LogP contribution in [0.2, 0.25) is 0 Å². The minimum atomic E-state index is -0.739. The highest BCUT2D eigenvalue weighted by Gasteiger charge is 2.40. The number of hydrogen-bond acceptors (Lipinski definition) is 10. The summed E-state index contributed by atoms with van der Waals surface area (Å²) >= 11 is 1.05. The normalized spacial score (nSPS) is 15.0. The first-order valence-corrected chi connectivity index (χ1v) is 12.0. The zero-order chi connectivity index (χ0) is 26.2. The van der Waals surface area contributed by atoms with Gasteiger partial charge < -0.3 is 18.9 Å². The quantitative estimate of drug-likeness (QED) is 0.250. The number of anilines is 1. The molecule has 2 amide bonds. The standard InChI is InChI=1S/C25H25NO9S/c1-4-34-23(29)14-36-21-12-22(28)26(24(21)30)17-8-5-15(6-9-17)25(31)35-13-18(27)16-7-10-19(32-2)20(11-16)33-3/h5-11,21H,4,12-14H2,1-3H3. The molecule has 1 aliphatic heterocycles. The van der Waals surface area contributed by atoms with Crippen LogP contribution in [0.1, 0.15) is 34.1 Å². The fraction of sp³-hybridized carbons (Fsp3) is 0.320. The highest BCUT2D eigenvalue weighted by atomic mass is 32.2. The summed E-state index contributed by atoms with van der Waals surface area (Å²) in [6.45, 7) is 1.44. The molecule has 1 atom stereocenters. The Balaban J connectivity index is 1.58. The van der Waals surface area contributed by atoms with E-state index in [0.29, 0.717) is 17.2 Å². The lowest BCUT2D eigenvalue weighted by atomic mass is 10.1. The van der Waals surface area contributed by atoms with E-state index >= 15 is 0 Å². The molecule has 0 radical (unpaired) electrons. The Labute approximate surface area is 211 Å². The van der Waals surface area contributed by atoms with E-state index in [1.165, 1.54) is 50.6 Å². The molecule has 190 valence electrons. The third-order valence-corrected chi connectivity index (χ3v) is 6.39. The number of ether oxygens (including phenoxy) is 4. The summed E-state index contributed by atoms with van der Waals surface area (Å²) in [5, 5.41) is -0.686. The topological polar surface area (TPSA) is 126 Å². The largest absolute Gasteiger partial charge is 0.493 e. The molecule has 1 saturated heterocycles. The highest BCUT2D eigenvalue weighted by Crippen LogP contribution is 2.30. The van der Waals surface area contributed by atoms with Gasteiger partial charge in [0, 0.05) is 12.0 Å². The van der Waals surface area contributed by atoms with E-state index in [4.69, 9.17) is 18.9 Å². The number of thioether (sulfide) groups is 1. The molecule has 0 N–H and O–H groups in total. The molecule has 0 spiro atoms.